The molecule has 0 aromatic rings. The van der Waals surface area contributed by atoms with Crippen LogP contribution in [0.4, 0.5) is 0 Å². The Morgan fingerprint density at radius 2 is 2.07 bits per heavy atom. The van der Waals surface area contributed by atoms with Gasteiger partial charge in [-0.25, -0.2) is 0 Å². The van der Waals surface area contributed by atoms with Crippen LogP contribution in [0.1, 0.15) is 26.7 Å². The van der Waals surface area contributed by atoms with E-state index in [1.807, 2.05) is 25.6 Å². The van der Waals surface area contributed by atoms with Crippen LogP contribution in [0.25, 0.3) is 0 Å². The second kappa shape index (κ2) is 9.02. The van der Waals surface area contributed by atoms with Gasteiger partial charge in [0.25, 0.3) is 0 Å². The standard InChI is InChI=1S/C11H22N2OS/c1-11(2,10-12)4-5-13-6-9-15-8-3-7-14/h13-14H,3-9H2,1-2H3. The number of nitrogens with zero attached hydrogens (tertiary/aromatic N) is 1. The van der Waals surface area contributed by atoms with Gasteiger partial charge in [0.15, 0.2) is 0 Å². The maximum absolute atomic E-state index is 8.79. The van der Waals surface area contributed by atoms with E-state index in [4.69, 9.17) is 10.4 Å². The van der Waals surface area contributed by atoms with Crippen LogP contribution in [0.2, 0.25) is 0 Å². The first kappa shape index (κ1) is 14.8. The van der Waals surface area contributed by atoms with E-state index in [0.29, 0.717) is 0 Å². The highest BCUT2D eigenvalue weighted by Crippen LogP contribution is 2.16. The molecule has 0 saturated carbocycles. The van der Waals surface area contributed by atoms with Gasteiger partial charge in [-0.15, -0.1) is 0 Å². The predicted molar refractivity (Wildman–Crippen MR) is 65.9 cm³/mol. The van der Waals surface area contributed by atoms with Gasteiger partial charge >= 0.3 is 0 Å². The summed E-state index contributed by atoms with van der Waals surface area (Å²) in [4.78, 5) is 0. The molecule has 0 bridgehead atoms. The summed E-state index contributed by atoms with van der Waals surface area (Å²) in [5.74, 6) is 2.11. The Labute approximate surface area is 97.2 Å². The van der Waals surface area contributed by atoms with Crippen LogP contribution >= 0.6 is 11.8 Å². The number of hydrogen-bond acceptors (Lipinski definition) is 4. The molecule has 0 atom stereocenters. The molecule has 0 spiro atoms. The van der Waals surface area contributed by atoms with Gasteiger partial charge in [0.05, 0.1) is 11.5 Å². The van der Waals surface area contributed by atoms with Crippen molar-refractivity contribution in [3.63, 3.8) is 0 Å². The summed E-state index contributed by atoms with van der Waals surface area (Å²) in [6, 6.07) is 2.29. The summed E-state index contributed by atoms with van der Waals surface area (Å²) >= 11 is 1.85. The van der Waals surface area contributed by atoms with Crippen molar-refractivity contribution < 1.29 is 5.11 Å². The monoisotopic (exact) mass is 230 g/mol. The third kappa shape index (κ3) is 10.1. The summed E-state index contributed by atoms with van der Waals surface area (Å²) in [7, 11) is 0. The molecule has 0 heterocycles. The molecule has 0 aromatic carbocycles. The molecule has 0 unspecified atom stereocenters. The van der Waals surface area contributed by atoms with E-state index in [1.165, 1.54) is 0 Å². The number of thioether (sulfide) groups is 1. The third-order valence-corrected chi connectivity index (χ3v) is 3.17. The van der Waals surface area contributed by atoms with Crippen molar-refractivity contribution in [3.8, 4) is 6.07 Å². The zero-order valence-electron chi connectivity index (χ0n) is 9.75. The largest absolute Gasteiger partial charge is 0.396 e. The smallest absolute Gasteiger partial charge is 0.0684 e. The molecule has 3 nitrogen and oxygen atoms in total. The van der Waals surface area contributed by atoms with E-state index in [9.17, 15) is 0 Å². The normalized spacial score (nSPS) is 11.3. The Morgan fingerprint density at radius 3 is 2.67 bits per heavy atom. The molecule has 15 heavy (non-hydrogen) atoms. The lowest BCUT2D eigenvalue weighted by molar-refractivity contribution is 0.296. The molecule has 0 aliphatic rings. The topological polar surface area (TPSA) is 56.0 Å². The Bertz CT molecular complexity index is 190. The van der Waals surface area contributed by atoms with E-state index in [1.54, 1.807) is 0 Å². The molecule has 0 rings (SSSR count). The van der Waals surface area contributed by atoms with Gasteiger partial charge in [0, 0.05) is 18.9 Å². The van der Waals surface area contributed by atoms with Crippen LogP contribution < -0.4 is 5.32 Å². The van der Waals surface area contributed by atoms with Crippen molar-refractivity contribution in [1.82, 2.24) is 5.32 Å². The lowest BCUT2D eigenvalue weighted by atomic mass is 9.92. The molecule has 0 aliphatic carbocycles. The van der Waals surface area contributed by atoms with Crippen molar-refractivity contribution in [1.29, 1.82) is 5.26 Å². The number of rotatable bonds is 9. The highest BCUT2D eigenvalue weighted by atomic mass is 32.2. The minimum atomic E-state index is -0.211. The first-order chi connectivity index (χ1) is 7.12. The van der Waals surface area contributed by atoms with Crippen LogP contribution in [0.3, 0.4) is 0 Å². The quantitative estimate of drug-likeness (QED) is 0.591. The fraction of sp³-hybridized carbons (Fsp3) is 0.909. The van der Waals surface area contributed by atoms with Gasteiger partial charge in [-0.05, 0) is 39.0 Å². The average Bonchev–Trinajstić information content (AvgIpc) is 2.22. The van der Waals surface area contributed by atoms with Crippen LogP contribution in [-0.2, 0) is 0 Å². The van der Waals surface area contributed by atoms with E-state index in [-0.39, 0.29) is 12.0 Å². The number of nitrogens with one attached hydrogen (secondary N) is 1. The van der Waals surface area contributed by atoms with Crippen LogP contribution in [0, 0.1) is 16.7 Å². The molecule has 88 valence electrons. The van der Waals surface area contributed by atoms with E-state index >= 15 is 0 Å². The Morgan fingerprint density at radius 1 is 1.33 bits per heavy atom. The van der Waals surface area contributed by atoms with Crippen LogP contribution in [0.15, 0.2) is 0 Å². The number of nitriles is 1. The van der Waals surface area contributed by atoms with E-state index in [2.05, 4.69) is 11.4 Å². The molecular formula is C11H22N2OS. The van der Waals surface area contributed by atoms with Crippen molar-refractivity contribution in [2.75, 3.05) is 31.2 Å². The fourth-order valence-electron chi connectivity index (χ4n) is 0.995. The summed E-state index contributed by atoms with van der Waals surface area (Å²) in [6.45, 7) is 6.10. The molecule has 4 heteroatoms. The first-order valence-corrected chi connectivity index (χ1v) is 6.58. The highest BCUT2D eigenvalue weighted by Gasteiger charge is 2.14. The summed E-state index contributed by atoms with van der Waals surface area (Å²) < 4.78 is 0. The fourth-order valence-corrected chi connectivity index (χ4v) is 1.82. The van der Waals surface area contributed by atoms with E-state index in [0.717, 1.165) is 37.4 Å². The van der Waals surface area contributed by atoms with Crippen LogP contribution in [-0.4, -0.2) is 36.3 Å². The molecule has 0 amide bonds. The zero-order valence-corrected chi connectivity index (χ0v) is 10.6. The van der Waals surface area contributed by atoms with Gasteiger partial charge < -0.3 is 10.4 Å². The van der Waals surface area contributed by atoms with Crippen molar-refractivity contribution in [2.24, 2.45) is 5.41 Å². The Balaban J connectivity index is 3.16. The SMILES string of the molecule is CC(C)(C#N)CCNCCSCCCO. The zero-order chi connectivity index (χ0) is 11.6. The molecule has 0 aromatic heterocycles. The molecule has 0 radical (unpaired) electrons. The lowest BCUT2D eigenvalue weighted by Crippen LogP contribution is -2.23. The van der Waals surface area contributed by atoms with Gasteiger partial charge in [-0.2, -0.15) is 17.0 Å². The minimum Gasteiger partial charge on any atom is -0.396 e. The Hall–Kier alpha value is -0.240. The third-order valence-electron chi connectivity index (χ3n) is 2.10. The van der Waals surface area contributed by atoms with Gasteiger partial charge in [0.2, 0.25) is 0 Å². The maximum Gasteiger partial charge on any atom is 0.0684 e. The lowest BCUT2D eigenvalue weighted by Gasteiger charge is -2.14. The second-order valence-electron chi connectivity index (χ2n) is 4.19. The summed E-state index contributed by atoms with van der Waals surface area (Å²) in [5, 5.41) is 20.7. The summed E-state index contributed by atoms with van der Waals surface area (Å²) in [5.41, 5.74) is -0.211. The Kier molecular flexibility index (Phi) is 8.88. The average molecular weight is 230 g/mol. The molecular weight excluding hydrogens is 208 g/mol. The van der Waals surface area contributed by atoms with Crippen molar-refractivity contribution >= 4 is 11.8 Å². The first-order valence-electron chi connectivity index (χ1n) is 5.43. The van der Waals surface area contributed by atoms with E-state index < -0.39 is 0 Å². The number of aliphatic hydroxyl groups is 1. The van der Waals surface area contributed by atoms with Crippen LogP contribution in [0.5, 0.6) is 0 Å². The van der Waals surface area contributed by atoms with Crippen molar-refractivity contribution in [2.45, 2.75) is 26.7 Å². The highest BCUT2D eigenvalue weighted by molar-refractivity contribution is 7.99. The maximum atomic E-state index is 8.79. The number of aliphatic hydroxyl groups excluding tert-OH is 1. The van der Waals surface area contributed by atoms with Gasteiger partial charge in [-0.1, -0.05) is 0 Å². The number of hydrogen-bond donors (Lipinski definition) is 2. The second-order valence-corrected chi connectivity index (χ2v) is 5.41. The summed E-state index contributed by atoms with van der Waals surface area (Å²) in [6.07, 6.45) is 1.77. The van der Waals surface area contributed by atoms with Crippen molar-refractivity contribution in [3.05, 3.63) is 0 Å². The minimum absolute atomic E-state index is 0.211. The predicted octanol–water partition coefficient (Wildman–Crippen LogP) is 1.63. The van der Waals surface area contributed by atoms with Gasteiger partial charge in [-0.3, -0.25) is 0 Å². The molecule has 0 saturated heterocycles. The molecule has 0 aliphatic heterocycles. The molecule has 0 fully saturated rings. The van der Waals surface area contributed by atoms with Gasteiger partial charge in [0.1, 0.15) is 0 Å². The molecule has 2 N–H and O–H groups in total.